The van der Waals surface area contributed by atoms with Crippen molar-refractivity contribution in [2.24, 2.45) is 5.92 Å². The van der Waals surface area contributed by atoms with Gasteiger partial charge >= 0.3 is 0 Å². The molecule has 3 heteroatoms. The predicted octanol–water partition coefficient (Wildman–Crippen LogP) is 2.44. The Hall–Kier alpha value is 0.270. The molecule has 1 aliphatic rings. The highest BCUT2D eigenvalue weighted by molar-refractivity contribution is 7.80. The third-order valence-electron chi connectivity index (χ3n) is 2.87. The number of thiol groups is 1. The maximum Gasteiger partial charge on any atom is 0.0593 e. The summed E-state index contributed by atoms with van der Waals surface area (Å²) in [5, 5.41) is 0. The van der Waals surface area contributed by atoms with Crippen molar-refractivity contribution in [3.05, 3.63) is 0 Å². The first-order chi connectivity index (χ1) is 7.33. The van der Waals surface area contributed by atoms with Gasteiger partial charge in [-0.15, -0.1) is 0 Å². The highest BCUT2D eigenvalue weighted by Gasteiger charge is 2.20. The predicted molar refractivity (Wildman–Crippen MR) is 68.7 cm³/mol. The van der Waals surface area contributed by atoms with Crippen molar-refractivity contribution in [2.75, 3.05) is 39.1 Å². The SMILES string of the molecule is CN(CCCCCS)CCOCC1CC1. The highest BCUT2D eigenvalue weighted by atomic mass is 32.1. The quantitative estimate of drug-likeness (QED) is 0.458. The Labute approximate surface area is 99.8 Å². The summed E-state index contributed by atoms with van der Waals surface area (Å²) in [6.07, 6.45) is 6.62. The lowest BCUT2D eigenvalue weighted by Gasteiger charge is -2.16. The van der Waals surface area contributed by atoms with E-state index in [0.29, 0.717) is 0 Å². The topological polar surface area (TPSA) is 12.5 Å². The summed E-state index contributed by atoms with van der Waals surface area (Å²) in [4.78, 5) is 2.37. The van der Waals surface area contributed by atoms with E-state index in [-0.39, 0.29) is 0 Å². The van der Waals surface area contributed by atoms with Crippen molar-refractivity contribution in [3.8, 4) is 0 Å². The Bertz CT molecular complexity index is 151. The van der Waals surface area contributed by atoms with Crippen LogP contribution in [0.2, 0.25) is 0 Å². The van der Waals surface area contributed by atoms with Gasteiger partial charge in [0.1, 0.15) is 0 Å². The van der Waals surface area contributed by atoms with Gasteiger partial charge in [-0.05, 0) is 50.9 Å². The lowest BCUT2D eigenvalue weighted by Crippen LogP contribution is -2.24. The summed E-state index contributed by atoms with van der Waals surface area (Å²) in [6, 6.07) is 0. The fourth-order valence-corrected chi connectivity index (χ4v) is 1.76. The number of unbranched alkanes of at least 4 members (excludes halogenated alkanes) is 2. The number of ether oxygens (including phenoxy) is 1. The Balaban J connectivity index is 1.77. The Morgan fingerprint density at radius 2 is 2.00 bits per heavy atom. The minimum atomic E-state index is 0.894. The number of hydrogen-bond acceptors (Lipinski definition) is 3. The summed E-state index contributed by atoms with van der Waals surface area (Å²) in [5.74, 6) is 1.92. The Kier molecular flexibility index (Phi) is 7.49. The average molecular weight is 231 g/mol. The summed E-state index contributed by atoms with van der Waals surface area (Å²) in [5.41, 5.74) is 0. The van der Waals surface area contributed by atoms with E-state index in [1.54, 1.807) is 0 Å². The molecule has 0 unspecified atom stereocenters. The minimum Gasteiger partial charge on any atom is -0.380 e. The second-order valence-corrected chi connectivity index (χ2v) is 5.05. The van der Waals surface area contributed by atoms with Crippen LogP contribution in [-0.4, -0.2) is 44.0 Å². The van der Waals surface area contributed by atoms with Crippen molar-refractivity contribution in [1.29, 1.82) is 0 Å². The van der Waals surface area contributed by atoms with Crippen LogP contribution in [0.3, 0.4) is 0 Å². The molecule has 0 spiro atoms. The first-order valence-corrected chi connectivity index (χ1v) is 6.83. The molecule has 90 valence electrons. The normalized spacial score (nSPS) is 16.2. The number of rotatable bonds is 10. The summed E-state index contributed by atoms with van der Waals surface area (Å²) in [7, 11) is 2.18. The van der Waals surface area contributed by atoms with E-state index >= 15 is 0 Å². The molecule has 0 atom stereocenters. The van der Waals surface area contributed by atoms with Crippen LogP contribution in [0.15, 0.2) is 0 Å². The lowest BCUT2D eigenvalue weighted by molar-refractivity contribution is 0.103. The number of nitrogens with zero attached hydrogens (tertiary/aromatic N) is 1. The fourth-order valence-electron chi connectivity index (χ4n) is 1.54. The van der Waals surface area contributed by atoms with Crippen LogP contribution in [0.5, 0.6) is 0 Å². The molecule has 0 saturated heterocycles. The lowest BCUT2D eigenvalue weighted by atomic mass is 10.2. The summed E-state index contributed by atoms with van der Waals surface area (Å²) in [6.45, 7) is 4.17. The van der Waals surface area contributed by atoms with Gasteiger partial charge in [-0.3, -0.25) is 0 Å². The van der Waals surface area contributed by atoms with E-state index in [1.165, 1.54) is 38.6 Å². The van der Waals surface area contributed by atoms with E-state index in [4.69, 9.17) is 4.74 Å². The van der Waals surface area contributed by atoms with Crippen molar-refractivity contribution < 1.29 is 4.74 Å². The maximum atomic E-state index is 5.60. The Morgan fingerprint density at radius 3 is 2.67 bits per heavy atom. The molecule has 0 radical (unpaired) electrons. The molecule has 0 bridgehead atoms. The third-order valence-corrected chi connectivity index (χ3v) is 3.18. The Morgan fingerprint density at radius 1 is 1.20 bits per heavy atom. The molecule has 1 aliphatic carbocycles. The van der Waals surface area contributed by atoms with Gasteiger partial charge in [0.15, 0.2) is 0 Å². The molecule has 0 heterocycles. The van der Waals surface area contributed by atoms with Crippen molar-refractivity contribution in [1.82, 2.24) is 4.90 Å². The van der Waals surface area contributed by atoms with Crippen molar-refractivity contribution in [2.45, 2.75) is 32.1 Å². The number of hydrogen-bond donors (Lipinski definition) is 1. The first-order valence-electron chi connectivity index (χ1n) is 6.20. The van der Waals surface area contributed by atoms with Crippen LogP contribution in [0.25, 0.3) is 0 Å². The van der Waals surface area contributed by atoms with Gasteiger partial charge in [-0.25, -0.2) is 0 Å². The highest BCUT2D eigenvalue weighted by Crippen LogP contribution is 2.28. The largest absolute Gasteiger partial charge is 0.380 e. The van der Waals surface area contributed by atoms with Gasteiger partial charge in [0.2, 0.25) is 0 Å². The van der Waals surface area contributed by atoms with E-state index < -0.39 is 0 Å². The van der Waals surface area contributed by atoms with Crippen LogP contribution in [0.4, 0.5) is 0 Å². The van der Waals surface area contributed by atoms with Gasteiger partial charge < -0.3 is 9.64 Å². The molecule has 0 N–H and O–H groups in total. The van der Waals surface area contributed by atoms with E-state index in [9.17, 15) is 0 Å². The maximum absolute atomic E-state index is 5.60. The number of likely N-dealkylation sites (N-methyl/N-ethyl adjacent to an activating group) is 1. The molecular formula is C12H25NOS. The second-order valence-electron chi connectivity index (χ2n) is 4.61. The van der Waals surface area contributed by atoms with Crippen LogP contribution in [0, 0.1) is 5.92 Å². The molecule has 0 aromatic carbocycles. The average Bonchev–Trinajstić information content (AvgIpc) is 3.03. The molecule has 15 heavy (non-hydrogen) atoms. The van der Waals surface area contributed by atoms with Gasteiger partial charge in [0, 0.05) is 13.2 Å². The summed E-state index contributed by atoms with van der Waals surface area (Å²) >= 11 is 4.21. The molecule has 1 saturated carbocycles. The molecule has 0 aromatic heterocycles. The molecule has 0 aliphatic heterocycles. The third kappa shape index (κ3) is 8.12. The molecule has 1 fully saturated rings. The standard InChI is InChI=1S/C12H25NOS/c1-13(7-3-2-4-10-15)8-9-14-11-12-5-6-12/h12,15H,2-11H2,1H3. The zero-order valence-corrected chi connectivity index (χ0v) is 10.8. The van der Waals surface area contributed by atoms with E-state index in [2.05, 4.69) is 24.6 Å². The van der Waals surface area contributed by atoms with Crippen LogP contribution < -0.4 is 0 Å². The van der Waals surface area contributed by atoms with E-state index in [1.807, 2.05) is 0 Å². The molecule has 0 amide bonds. The monoisotopic (exact) mass is 231 g/mol. The summed E-state index contributed by atoms with van der Waals surface area (Å²) < 4.78 is 5.60. The second kappa shape index (κ2) is 8.43. The zero-order valence-electron chi connectivity index (χ0n) is 9.95. The molecule has 1 rings (SSSR count). The van der Waals surface area contributed by atoms with E-state index in [0.717, 1.165) is 31.4 Å². The van der Waals surface area contributed by atoms with Crippen LogP contribution in [0.1, 0.15) is 32.1 Å². The first kappa shape index (κ1) is 13.3. The minimum absolute atomic E-state index is 0.894. The van der Waals surface area contributed by atoms with Gasteiger partial charge in [0.05, 0.1) is 6.61 Å². The van der Waals surface area contributed by atoms with Gasteiger partial charge in [-0.2, -0.15) is 12.6 Å². The fraction of sp³-hybridized carbons (Fsp3) is 1.00. The van der Waals surface area contributed by atoms with Gasteiger partial charge in [-0.1, -0.05) is 6.42 Å². The van der Waals surface area contributed by atoms with Crippen LogP contribution >= 0.6 is 12.6 Å². The van der Waals surface area contributed by atoms with Crippen molar-refractivity contribution >= 4 is 12.6 Å². The smallest absolute Gasteiger partial charge is 0.0593 e. The molecule has 2 nitrogen and oxygen atoms in total. The van der Waals surface area contributed by atoms with Crippen LogP contribution in [-0.2, 0) is 4.74 Å². The zero-order chi connectivity index (χ0) is 10.9. The molecular weight excluding hydrogens is 206 g/mol. The molecule has 0 aromatic rings. The van der Waals surface area contributed by atoms with Gasteiger partial charge in [0.25, 0.3) is 0 Å². The van der Waals surface area contributed by atoms with Crippen molar-refractivity contribution in [3.63, 3.8) is 0 Å².